The van der Waals surface area contributed by atoms with Gasteiger partial charge in [0, 0.05) is 12.5 Å². The molecule has 1 heterocycles. The van der Waals surface area contributed by atoms with Gasteiger partial charge in [-0.25, -0.2) is 0 Å². The van der Waals surface area contributed by atoms with Gasteiger partial charge in [0.15, 0.2) is 0 Å². The molecule has 1 aliphatic heterocycles. The average molecular weight is 204 g/mol. The minimum atomic E-state index is -0.328. The Morgan fingerprint density at radius 3 is 2.90 bits per heavy atom. The lowest BCUT2D eigenvalue weighted by molar-refractivity contribution is 0.0530. The van der Waals surface area contributed by atoms with E-state index in [1.54, 1.807) is 0 Å². The smallest absolute Gasteiger partial charge is 0.119 e. The molecule has 2 nitrogen and oxygen atoms in total. The van der Waals surface area contributed by atoms with E-state index in [2.05, 4.69) is 22.0 Å². The fourth-order valence-electron chi connectivity index (χ4n) is 1.03. The summed E-state index contributed by atoms with van der Waals surface area (Å²) in [6.45, 7) is 3.42. The fourth-order valence-corrected chi connectivity index (χ4v) is 1.32. The van der Waals surface area contributed by atoms with Gasteiger partial charge in [-0.15, -0.1) is 0 Å². The largest absolute Gasteiger partial charge is 0.381 e. The second kappa shape index (κ2) is 2.89. The molecule has 1 rings (SSSR count). The summed E-state index contributed by atoms with van der Waals surface area (Å²) in [5.74, 6) is 0.297. The van der Waals surface area contributed by atoms with Crippen LogP contribution in [-0.2, 0) is 4.74 Å². The number of ether oxygens (including phenoxy) is 1. The number of alkyl halides is 1. The summed E-state index contributed by atoms with van der Waals surface area (Å²) in [6, 6.07) is 2.27. The molecule has 0 amide bonds. The molecule has 0 aromatic carbocycles. The Kier molecular flexibility index (Phi) is 2.32. The number of hydrogen-bond acceptors (Lipinski definition) is 2. The molecule has 0 aliphatic carbocycles. The molecule has 0 N–H and O–H groups in total. The summed E-state index contributed by atoms with van der Waals surface area (Å²) >= 11 is 3.42. The molecule has 0 radical (unpaired) electrons. The molecule has 1 fully saturated rings. The van der Waals surface area contributed by atoms with Crippen LogP contribution in [0, 0.1) is 17.2 Å². The lowest BCUT2D eigenvalue weighted by Gasteiger charge is -2.31. The molecular weight excluding hydrogens is 194 g/mol. The molecule has 3 heteroatoms. The maximum Gasteiger partial charge on any atom is 0.119 e. The third-order valence-corrected chi connectivity index (χ3v) is 3.30. The van der Waals surface area contributed by atoms with Gasteiger partial charge in [-0.1, -0.05) is 22.9 Å². The SMILES string of the molecule is CC1COCCC1(Br)C#N. The quantitative estimate of drug-likeness (QED) is 0.562. The van der Waals surface area contributed by atoms with Crippen molar-refractivity contribution >= 4 is 15.9 Å². The molecule has 1 aliphatic rings. The van der Waals surface area contributed by atoms with Crippen molar-refractivity contribution < 1.29 is 4.74 Å². The van der Waals surface area contributed by atoms with Crippen molar-refractivity contribution in [2.75, 3.05) is 13.2 Å². The van der Waals surface area contributed by atoms with Crippen LogP contribution < -0.4 is 0 Å². The van der Waals surface area contributed by atoms with Gasteiger partial charge in [-0.3, -0.25) is 0 Å². The maximum atomic E-state index is 8.77. The summed E-state index contributed by atoms with van der Waals surface area (Å²) in [4.78, 5) is 0. The van der Waals surface area contributed by atoms with Gasteiger partial charge in [0.05, 0.1) is 12.7 Å². The van der Waals surface area contributed by atoms with Gasteiger partial charge in [0.2, 0.25) is 0 Å². The Morgan fingerprint density at radius 2 is 2.50 bits per heavy atom. The van der Waals surface area contributed by atoms with E-state index < -0.39 is 0 Å². The molecule has 2 atom stereocenters. The minimum absolute atomic E-state index is 0.297. The molecule has 0 aromatic rings. The Morgan fingerprint density at radius 1 is 1.80 bits per heavy atom. The standard InChI is InChI=1S/C7H10BrNO/c1-6-4-10-3-2-7(6,8)5-9/h6H,2-4H2,1H3. The highest BCUT2D eigenvalue weighted by molar-refractivity contribution is 9.10. The zero-order valence-electron chi connectivity index (χ0n) is 5.93. The zero-order valence-corrected chi connectivity index (χ0v) is 7.52. The van der Waals surface area contributed by atoms with Crippen LogP contribution in [0.15, 0.2) is 0 Å². The highest BCUT2D eigenvalue weighted by atomic mass is 79.9. The first kappa shape index (κ1) is 8.03. The summed E-state index contributed by atoms with van der Waals surface area (Å²) in [7, 11) is 0. The van der Waals surface area contributed by atoms with Crippen LogP contribution >= 0.6 is 15.9 Å². The highest BCUT2D eigenvalue weighted by Crippen LogP contribution is 2.33. The third kappa shape index (κ3) is 1.33. The van der Waals surface area contributed by atoms with Crippen LogP contribution in [0.3, 0.4) is 0 Å². The van der Waals surface area contributed by atoms with Crippen molar-refractivity contribution in [3.8, 4) is 6.07 Å². The van der Waals surface area contributed by atoms with Gasteiger partial charge in [0.1, 0.15) is 4.32 Å². The van der Waals surface area contributed by atoms with Gasteiger partial charge in [0.25, 0.3) is 0 Å². The molecule has 0 aromatic heterocycles. The van der Waals surface area contributed by atoms with E-state index in [4.69, 9.17) is 10.00 Å². The molecule has 2 unspecified atom stereocenters. The molecule has 0 bridgehead atoms. The van der Waals surface area contributed by atoms with Crippen molar-refractivity contribution in [1.29, 1.82) is 5.26 Å². The minimum Gasteiger partial charge on any atom is -0.381 e. The summed E-state index contributed by atoms with van der Waals surface area (Å²) < 4.78 is 4.87. The van der Waals surface area contributed by atoms with Crippen molar-refractivity contribution in [3.63, 3.8) is 0 Å². The van der Waals surface area contributed by atoms with E-state index in [0.29, 0.717) is 19.1 Å². The Hall–Kier alpha value is -0.0700. The number of nitriles is 1. The van der Waals surface area contributed by atoms with E-state index in [0.717, 1.165) is 6.42 Å². The summed E-state index contributed by atoms with van der Waals surface area (Å²) in [5.41, 5.74) is 0. The van der Waals surface area contributed by atoms with E-state index in [-0.39, 0.29) is 4.32 Å². The molecule has 1 saturated heterocycles. The van der Waals surface area contributed by atoms with Crippen LogP contribution in [0.4, 0.5) is 0 Å². The first-order valence-electron chi connectivity index (χ1n) is 3.37. The lowest BCUT2D eigenvalue weighted by atomic mass is 9.91. The van der Waals surface area contributed by atoms with Gasteiger partial charge >= 0.3 is 0 Å². The highest BCUT2D eigenvalue weighted by Gasteiger charge is 2.36. The first-order valence-corrected chi connectivity index (χ1v) is 4.16. The number of halogens is 1. The van der Waals surface area contributed by atoms with Crippen LogP contribution in [-0.4, -0.2) is 17.5 Å². The maximum absolute atomic E-state index is 8.77. The summed E-state index contributed by atoms with van der Waals surface area (Å²) in [6.07, 6.45) is 0.796. The Balaban J connectivity index is 2.65. The van der Waals surface area contributed by atoms with Crippen LogP contribution in [0.25, 0.3) is 0 Å². The molecule has 56 valence electrons. The van der Waals surface area contributed by atoms with Gasteiger partial charge in [-0.05, 0) is 6.42 Å². The summed E-state index contributed by atoms with van der Waals surface area (Å²) in [5, 5.41) is 8.77. The van der Waals surface area contributed by atoms with Crippen LogP contribution in [0.1, 0.15) is 13.3 Å². The predicted molar refractivity (Wildman–Crippen MR) is 41.9 cm³/mol. The molecular formula is C7H10BrNO. The van der Waals surface area contributed by atoms with Crippen molar-refractivity contribution in [3.05, 3.63) is 0 Å². The van der Waals surface area contributed by atoms with Crippen molar-refractivity contribution in [1.82, 2.24) is 0 Å². The normalized spacial score (nSPS) is 40.7. The number of rotatable bonds is 0. The fraction of sp³-hybridized carbons (Fsp3) is 0.857. The predicted octanol–water partition coefficient (Wildman–Crippen LogP) is 1.70. The Labute approximate surface area is 69.3 Å². The first-order chi connectivity index (χ1) is 4.69. The van der Waals surface area contributed by atoms with Crippen molar-refractivity contribution in [2.24, 2.45) is 5.92 Å². The van der Waals surface area contributed by atoms with Gasteiger partial charge < -0.3 is 4.74 Å². The number of nitrogens with zero attached hydrogens (tertiary/aromatic N) is 1. The van der Waals surface area contributed by atoms with Gasteiger partial charge in [-0.2, -0.15) is 5.26 Å². The van der Waals surface area contributed by atoms with Crippen molar-refractivity contribution in [2.45, 2.75) is 17.7 Å². The van der Waals surface area contributed by atoms with E-state index in [1.807, 2.05) is 6.92 Å². The van der Waals surface area contributed by atoms with E-state index >= 15 is 0 Å². The molecule has 0 spiro atoms. The number of hydrogen-bond donors (Lipinski definition) is 0. The lowest BCUT2D eigenvalue weighted by Crippen LogP contribution is -2.37. The monoisotopic (exact) mass is 203 g/mol. The topological polar surface area (TPSA) is 33.0 Å². The second-order valence-corrected chi connectivity index (χ2v) is 4.12. The third-order valence-electron chi connectivity index (χ3n) is 1.95. The molecule has 0 saturated carbocycles. The second-order valence-electron chi connectivity index (χ2n) is 2.70. The average Bonchev–Trinajstić information content (AvgIpc) is 1.96. The Bertz CT molecular complexity index is 165. The van der Waals surface area contributed by atoms with E-state index in [9.17, 15) is 0 Å². The van der Waals surface area contributed by atoms with Crippen LogP contribution in [0.2, 0.25) is 0 Å². The van der Waals surface area contributed by atoms with E-state index in [1.165, 1.54) is 0 Å². The molecule has 10 heavy (non-hydrogen) atoms. The zero-order chi connectivity index (χ0) is 7.61. The van der Waals surface area contributed by atoms with Crippen LogP contribution in [0.5, 0.6) is 0 Å².